The number of hydrogen-bond donors (Lipinski definition) is 0. The van der Waals surface area contributed by atoms with Crippen LogP contribution in [0.4, 0.5) is 0 Å². The predicted molar refractivity (Wildman–Crippen MR) is 112 cm³/mol. The molecule has 0 saturated carbocycles. The van der Waals surface area contributed by atoms with E-state index in [0.717, 1.165) is 40.5 Å². The molecule has 27 heavy (non-hydrogen) atoms. The molecule has 0 radical (unpaired) electrons. The van der Waals surface area contributed by atoms with Crippen molar-refractivity contribution in [2.24, 2.45) is 5.92 Å². The third-order valence-corrected chi connectivity index (χ3v) is 6.47. The van der Waals surface area contributed by atoms with Crippen LogP contribution in [0, 0.1) is 31.1 Å². The van der Waals surface area contributed by atoms with Crippen LogP contribution in [0.25, 0.3) is 17.3 Å². The molecule has 1 aliphatic rings. The molecule has 1 aliphatic carbocycles. The summed E-state index contributed by atoms with van der Waals surface area (Å²) in [6.45, 7) is 6.50. The van der Waals surface area contributed by atoms with E-state index >= 15 is 0 Å². The molecular weight excluding hydrogens is 350 g/mol. The molecule has 4 rings (SSSR count). The summed E-state index contributed by atoms with van der Waals surface area (Å²) in [7, 11) is 0. The highest BCUT2D eigenvalue weighted by atomic mass is 32.1. The van der Waals surface area contributed by atoms with E-state index in [9.17, 15) is 5.26 Å². The highest BCUT2D eigenvalue weighted by molar-refractivity contribution is 7.13. The minimum absolute atomic E-state index is 0.662. The maximum Gasteiger partial charge on any atom is 0.134 e. The van der Waals surface area contributed by atoms with Crippen molar-refractivity contribution in [3.05, 3.63) is 68.9 Å². The zero-order chi connectivity index (χ0) is 19.0. The van der Waals surface area contributed by atoms with Crippen molar-refractivity contribution in [2.75, 3.05) is 0 Å². The van der Waals surface area contributed by atoms with Gasteiger partial charge in [-0.05, 0) is 68.9 Å². The zero-order valence-electron chi connectivity index (χ0n) is 16.0. The molecule has 0 saturated heterocycles. The Morgan fingerprint density at radius 3 is 2.81 bits per heavy atom. The van der Waals surface area contributed by atoms with E-state index in [-0.39, 0.29) is 0 Å². The average molecular weight is 374 g/mol. The first-order chi connectivity index (χ1) is 13.1. The molecule has 0 N–H and O–H groups in total. The molecule has 0 bridgehead atoms. The number of nitrogens with zero attached hydrogens (tertiary/aromatic N) is 3. The molecule has 0 spiro atoms. The second-order valence-corrected chi connectivity index (χ2v) is 8.49. The number of thiazole rings is 1. The summed E-state index contributed by atoms with van der Waals surface area (Å²) >= 11 is 1.70. The predicted octanol–water partition coefficient (Wildman–Crippen LogP) is 5.74. The van der Waals surface area contributed by atoms with Gasteiger partial charge in [0.05, 0.1) is 11.3 Å². The molecule has 3 nitrogen and oxygen atoms in total. The summed E-state index contributed by atoms with van der Waals surface area (Å²) in [5.74, 6) is 0.713. The van der Waals surface area contributed by atoms with Gasteiger partial charge in [0.15, 0.2) is 0 Å². The summed E-state index contributed by atoms with van der Waals surface area (Å²) in [5.41, 5.74) is 6.38. The molecular formula is C23H23N3S. The molecule has 1 aromatic carbocycles. The molecule has 2 aromatic heterocycles. The largest absolute Gasteiger partial charge is 0.318 e. The van der Waals surface area contributed by atoms with E-state index in [1.807, 2.05) is 24.3 Å². The number of nitriles is 1. The third-order valence-electron chi connectivity index (χ3n) is 5.32. The molecule has 0 amide bonds. The zero-order valence-corrected chi connectivity index (χ0v) is 16.8. The Hall–Kier alpha value is -2.64. The van der Waals surface area contributed by atoms with Crippen molar-refractivity contribution in [3.8, 4) is 11.8 Å². The number of aryl methyl sites for hydroxylation is 2. The van der Waals surface area contributed by atoms with E-state index in [1.54, 1.807) is 11.3 Å². The summed E-state index contributed by atoms with van der Waals surface area (Å²) < 4.78 is 2.23. The molecule has 2 heterocycles. The second-order valence-electron chi connectivity index (χ2n) is 7.40. The van der Waals surface area contributed by atoms with Crippen LogP contribution in [0.5, 0.6) is 0 Å². The Labute approximate surface area is 164 Å². The van der Waals surface area contributed by atoms with Gasteiger partial charge >= 0.3 is 0 Å². The topological polar surface area (TPSA) is 41.6 Å². The molecule has 3 aromatic rings. The summed E-state index contributed by atoms with van der Waals surface area (Å²) in [5, 5.41) is 10.6. The Bertz CT molecular complexity index is 1050. The summed E-state index contributed by atoms with van der Waals surface area (Å²) in [6.07, 6.45) is 5.32. The van der Waals surface area contributed by atoms with E-state index in [4.69, 9.17) is 4.98 Å². The van der Waals surface area contributed by atoms with Gasteiger partial charge in [0.2, 0.25) is 0 Å². The smallest absolute Gasteiger partial charge is 0.134 e. The number of para-hydroxylation sites is 1. The first-order valence-electron chi connectivity index (χ1n) is 9.42. The SMILES string of the molecule is Cc1cc(/C=C(\C#N)c2nc3c(s2)C[C@@H](C)CC3)c(C)n1-c1ccccc1. The molecule has 0 unspecified atom stereocenters. The second kappa shape index (κ2) is 7.17. The maximum absolute atomic E-state index is 9.78. The Morgan fingerprint density at radius 1 is 1.30 bits per heavy atom. The van der Waals surface area contributed by atoms with Crippen LogP contribution in [0.1, 0.15) is 45.9 Å². The van der Waals surface area contributed by atoms with Gasteiger partial charge in [-0.15, -0.1) is 11.3 Å². The van der Waals surface area contributed by atoms with Crippen molar-refractivity contribution < 1.29 is 0 Å². The Kier molecular flexibility index (Phi) is 4.72. The van der Waals surface area contributed by atoms with Crippen LogP contribution in [0.3, 0.4) is 0 Å². The fourth-order valence-electron chi connectivity index (χ4n) is 3.86. The van der Waals surface area contributed by atoms with Gasteiger partial charge in [0.1, 0.15) is 11.1 Å². The van der Waals surface area contributed by atoms with Crippen LogP contribution in [-0.4, -0.2) is 9.55 Å². The first-order valence-corrected chi connectivity index (χ1v) is 10.2. The lowest BCUT2D eigenvalue weighted by molar-refractivity contribution is 0.502. The molecule has 136 valence electrons. The fraction of sp³-hybridized carbons (Fsp3) is 0.304. The van der Waals surface area contributed by atoms with Gasteiger partial charge in [0, 0.05) is 22.0 Å². The number of fused-ring (bicyclic) bond motifs is 1. The van der Waals surface area contributed by atoms with Gasteiger partial charge in [-0.2, -0.15) is 5.26 Å². The quantitative estimate of drug-likeness (QED) is 0.549. The standard InChI is InChI=1S/C23H23N3S/c1-15-9-10-21-22(11-15)27-23(25-21)19(14-24)13-18-12-16(2)26(17(18)3)20-7-5-4-6-8-20/h4-8,12-13,15H,9-11H2,1-3H3/b19-13+/t15-/m0/s1. The normalized spacial score (nSPS) is 16.8. The summed E-state index contributed by atoms with van der Waals surface area (Å²) in [4.78, 5) is 6.15. The molecule has 4 heteroatoms. The van der Waals surface area contributed by atoms with E-state index in [1.165, 1.54) is 17.0 Å². The van der Waals surface area contributed by atoms with Crippen molar-refractivity contribution in [3.63, 3.8) is 0 Å². The van der Waals surface area contributed by atoms with Gasteiger partial charge in [-0.3, -0.25) is 0 Å². The van der Waals surface area contributed by atoms with E-state index in [2.05, 4.69) is 49.6 Å². The van der Waals surface area contributed by atoms with E-state index in [0.29, 0.717) is 11.5 Å². The lowest BCUT2D eigenvalue weighted by atomic mass is 9.93. The van der Waals surface area contributed by atoms with Crippen LogP contribution < -0.4 is 0 Å². The third kappa shape index (κ3) is 3.36. The minimum atomic E-state index is 0.662. The Morgan fingerprint density at radius 2 is 2.07 bits per heavy atom. The number of benzene rings is 1. The highest BCUT2D eigenvalue weighted by Crippen LogP contribution is 2.33. The molecule has 1 atom stereocenters. The maximum atomic E-state index is 9.78. The van der Waals surface area contributed by atoms with Gasteiger partial charge in [-0.25, -0.2) is 4.98 Å². The van der Waals surface area contributed by atoms with Crippen molar-refractivity contribution in [1.29, 1.82) is 5.26 Å². The lowest BCUT2D eigenvalue weighted by Crippen LogP contribution is -2.09. The van der Waals surface area contributed by atoms with Crippen LogP contribution in [0.2, 0.25) is 0 Å². The average Bonchev–Trinajstić information content (AvgIpc) is 3.20. The van der Waals surface area contributed by atoms with Crippen molar-refractivity contribution >= 4 is 23.0 Å². The Balaban J connectivity index is 1.74. The van der Waals surface area contributed by atoms with Crippen LogP contribution in [-0.2, 0) is 12.8 Å². The van der Waals surface area contributed by atoms with Crippen molar-refractivity contribution in [1.82, 2.24) is 9.55 Å². The highest BCUT2D eigenvalue weighted by Gasteiger charge is 2.21. The van der Waals surface area contributed by atoms with Crippen molar-refractivity contribution in [2.45, 2.75) is 40.0 Å². The minimum Gasteiger partial charge on any atom is -0.318 e. The lowest BCUT2D eigenvalue weighted by Gasteiger charge is -2.15. The van der Waals surface area contributed by atoms with Crippen LogP contribution in [0.15, 0.2) is 36.4 Å². The van der Waals surface area contributed by atoms with Gasteiger partial charge in [0.25, 0.3) is 0 Å². The monoisotopic (exact) mass is 373 g/mol. The first kappa shape index (κ1) is 17.8. The summed E-state index contributed by atoms with van der Waals surface area (Å²) in [6, 6.07) is 14.9. The van der Waals surface area contributed by atoms with E-state index < -0.39 is 0 Å². The number of allylic oxidation sites excluding steroid dienone is 1. The number of aromatic nitrogens is 2. The van der Waals surface area contributed by atoms with Gasteiger partial charge in [-0.1, -0.05) is 25.1 Å². The molecule has 0 aliphatic heterocycles. The number of hydrogen-bond acceptors (Lipinski definition) is 3. The van der Waals surface area contributed by atoms with Crippen LogP contribution >= 0.6 is 11.3 Å². The molecule has 0 fully saturated rings. The van der Waals surface area contributed by atoms with Gasteiger partial charge < -0.3 is 4.57 Å². The number of rotatable bonds is 3. The fourth-order valence-corrected chi connectivity index (χ4v) is 5.10.